The van der Waals surface area contributed by atoms with Crippen molar-refractivity contribution < 1.29 is 14.1 Å². The summed E-state index contributed by atoms with van der Waals surface area (Å²) in [5, 5.41) is 7.52. The van der Waals surface area contributed by atoms with Crippen LogP contribution >= 0.6 is 22.7 Å². The Morgan fingerprint density at radius 2 is 1.94 bits per heavy atom. The summed E-state index contributed by atoms with van der Waals surface area (Å²) < 4.78 is 6.12. The summed E-state index contributed by atoms with van der Waals surface area (Å²) in [6.45, 7) is 2.89. The monoisotopic (exact) mass is 452 g/mol. The number of hydrogen-bond donors (Lipinski definition) is 1. The molecular formula is C22H20N4O3S2. The van der Waals surface area contributed by atoms with Crippen molar-refractivity contribution in [2.75, 3.05) is 18.4 Å². The third-order valence-corrected chi connectivity index (χ3v) is 7.63. The van der Waals surface area contributed by atoms with Gasteiger partial charge in [0.05, 0.1) is 20.0 Å². The van der Waals surface area contributed by atoms with E-state index in [0.29, 0.717) is 42.4 Å². The lowest BCUT2D eigenvalue weighted by molar-refractivity contribution is -0.121. The lowest BCUT2D eigenvalue weighted by Crippen LogP contribution is -2.41. The molecule has 2 amide bonds. The number of nitrogens with zero attached hydrogens (tertiary/aromatic N) is 3. The molecule has 0 radical (unpaired) electrons. The summed E-state index contributed by atoms with van der Waals surface area (Å²) in [7, 11) is 0. The first-order valence-corrected chi connectivity index (χ1v) is 11.7. The fourth-order valence-corrected chi connectivity index (χ4v) is 5.69. The topological polar surface area (TPSA) is 88.3 Å². The molecule has 0 aliphatic carbocycles. The number of benzene rings is 1. The Labute approximate surface area is 186 Å². The number of para-hydroxylation sites is 1. The highest BCUT2D eigenvalue weighted by molar-refractivity contribution is 7.26. The van der Waals surface area contributed by atoms with Gasteiger partial charge in [0.2, 0.25) is 5.91 Å². The van der Waals surface area contributed by atoms with Crippen molar-refractivity contribution >= 4 is 50.5 Å². The molecule has 4 heterocycles. The highest BCUT2D eigenvalue weighted by Crippen LogP contribution is 2.35. The van der Waals surface area contributed by atoms with Crippen molar-refractivity contribution in [3.63, 3.8) is 0 Å². The first-order chi connectivity index (χ1) is 15.1. The van der Waals surface area contributed by atoms with Gasteiger partial charge in [-0.15, -0.1) is 22.7 Å². The third kappa shape index (κ3) is 4.11. The van der Waals surface area contributed by atoms with Crippen LogP contribution in [0.3, 0.4) is 0 Å². The number of fused-ring (bicyclic) bond motifs is 1. The molecule has 0 saturated carbocycles. The molecule has 5 rings (SSSR count). The van der Waals surface area contributed by atoms with Gasteiger partial charge in [0, 0.05) is 25.1 Å². The molecule has 1 aliphatic heterocycles. The molecule has 7 nitrogen and oxygen atoms in total. The van der Waals surface area contributed by atoms with Gasteiger partial charge in [-0.1, -0.05) is 17.3 Å². The van der Waals surface area contributed by atoms with Gasteiger partial charge in [0.1, 0.15) is 10.8 Å². The van der Waals surface area contributed by atoms with E-state index in [1.807, 2.05) is 35.2 Å². The number of carbonyl (C=O) groups is 2. The number of hydrogen-bond acceptors (Lipinski definition) is 7. The Morgan fingerprint density at radius 3 is 2.68 bits per heavy atom. The fraction of sp³-hybridized carbons (Fsp3) is 0.273. The molecule has 1 saturated heterocycles. The second-order valence-electron chi connectivity index (χ2n) is 7.53. The van der Waals surface area contributed by atoms with E-state index >= 15 is 0 Å². The van der Waals surface area contributed by atoms with E-state index in [0.717, 1.165) is 20.1 Å². The average Bonchev–Trinajstić information content (AvgIpc) is 3.52. The normalized spacial score (nSPS) is 14.8. The maximum absolute atomic E-state index is 13.0. The minimum absolute atomic E-state index is 0.0170. The van der Waals surface area contributed by atoms with Crippen molar-refractivity contribution in [3.8, 4) is 9.88 Å². The minimum atomic E-state index is -0.136. The zero-order valence-electron chi connectivity index (χ0n) is 16.8. The Morgan fingerprint density at radius 1 is 1.13 bits per heavy atom. The molecule has 0 bridgehead atoms. The summed E-state index contributed by atoms with van der Waals surface area (Å²) >= 11 is 3.11. The third-order valence-electron chi connectivity index (χ3n) is 5.35. The second-order valence-corrected chi connectivity index (χ2v) is 9.64. The van der Waals surface area contributed by atoms with E-state index in [4.69, 9.17) is 4.52 Å². The molecule has 0 atom stereocenters. The van der Waals surface area contributed by atoms with Crippen LogP contribution in [0, 0.1) is 12.8 Å². The van der Waals surface area contributed by atoms with Crippen LogP contribution in [0.5, 0.6) is 0 Å². The molecule has 4 aromatic rings. The minimum Gasteiger partial charge on any atom is -0.360 e. The van der Waals surface area contributed by atoms with Crippen LogP contribution in [0.4, 0.5) is 5.82 Å². The zero-order chi connectivity index (χ0) is 21.4. The first-order valence-electron chi connectivity index (χ1n) is 10.1. The van der Waals surface area contributed by atoms with Gasteiger partial charge < -0.3 is 14.7 Å². The molecular weight excluding hydrogens is 432 g/mol. The molecule has 0 spiro atoms. The Kier molecular flexibility index (Phi) is 5.29. The number of aromatic nitrogens is 2. The molecule has 0 unspecified atom stereocenters. The van der Waals surface area contributed by atoms with Crippen molar-refractivity contribution in [2.45, 2.75) is 19.8 Å². The number of anilines is 1. The lowest BCUT2D eigenvalue weighted by Gasteiger charge is -2.30. The Balaban J connectivity index is 1.21. The molecule has 31 heavy (non-hydrogen) atoms. The standard InChI is InChI=1S/C22H20N4O3S2/c1-13-12-19(25-29-13)24-20(27)14-8-10-26(11-9-14)22(28)18-7-6-17(30-18)21-23-15-4-2-3-5-16(15)31-21/h2-7,12,14H,8-11H2,1H3,(H,24,25,27). The number of likely N-dealkylation sites (tertiary alicyclic amines) is 1. The number of aryl methyl sites for hydroxylation is 1. The van der Waals surface area contributed by atoms with Crippen LogP contribution in [-0.2, 0) is 4.79 Å². The highest BCUT2D eigenvalue weighted by Gasteiger charge is 2.29. The van der Waals surface area contributed by atoms with E-state index in [1.165, 1.54) is 11.3 Å². The fourth-order valence-electron chi connectivity index (χ4n) is 3.70. The summed E-state index contributed by atoms with van der Waals surface area (Å²) in [5.41, 5.74) is 0.977. The first kappa shape index (κ1) is 19.9. The van der Waals surface area contributed by atoms with Crippen molar-refractivity contribution in [1.29, 1.82) is 0 Å². The number of rotatable bonds is 4. The van der Waals surface area contributed by atoms with Gasteiger partial charge in [0.25, 0.3) is 5.91 Å². The van der Waals surface area contributed by atoms with Gasteiger partial charge in [0.15, 0.2) is 5.82 Å². The maximum atomic E-state index is 13.0. The molecule has 1 aromatic carbocycles. The summed E-state index contributed by atoms with van der Waals surface area (Å²) in [6, 6.07) is 13.6. The van der Waals surface area contributed by atoms with Crippen LogP contribution in [0.2, 0.25) is 0 Å². The summed E-state index contributed by atoms with van der Waals surface area (Å²) in [5.74, 6) is 0.888. The predicted octanol–water partition coefficient (Wildman–Crippen LogP) is 4.81. The number of thiazole rings is 1. The van der Waals surface area contributed by atoms with Crippen LogP contribution < -0.4 is 5.32 Å². The van der Waals surface area contributed by atoms with Crippen LogP contribution in [0.25, 0.3) is 20.1 Å². The van der Waals surface area contributed by atoms with Crippen LogP contribution in [-0.4, -0.2) is 39.9 Å². The smallest absolute Gasteiger partial charge is 0.263 e. The highest BCUT2D eigenvalue weighted by atomic mass is 32.1. The Bertz CT molecular complexity index is 1220. The van der Waals surface area contributed by atoms with Crippen molar-refractivity contribution in [1.82, 2.24) is 15.0 Å². The molecule has 158 valence electrons. The summed E-state index contributed by atoms with van der Waals surface area (Å²) in [6.07, 6.45) is 1.26. The quantitative estimate of drug-likeness (QED) is 0.480. The van der Waals surface area contributed by atoms with Crippen LogP contribution in [0.15, 0.2) is 47.0 Å². The van der Waals surface area contributed by atoms with E-state index in [1.54, 1.807) is 24.3 Å². The number of thiophene rings is 1. The van der Waals surface area contributed by atoms with Crippen molar-refractivity contribution in [2.24, 2.45) is 5.92 Å². The molecule has 1 fully saturated rings. The molecule has 3 aromatic heterocycles. The van der Waals surface area contributed by atoms with Gasteiger partial charge in [-0.2, -0.15) is 0 Å². The largest absolute Gasteiger partial charge is 0.360 e. The average molecular weight is 453 g/mol. The molecule has 1 N–H and O–H groups in total. The number of amides is 2. The van der Waals surface area contributed by atoms with Gasteiger partial charge in [-0.3, -0.25) is 9.59 Å². The number of piperidine rings is 1. The van der Waals surface area contributed by atoms with E-state index in [2.05, 4.69) is 21.5 Å². The maximum Gasteiger partial charge on any atom is 0.263 e. The van der Waals surface area contributed by atoms with E-state index < -0.39 is 0 Å². The van der Waals surface area contributed by atoms with Crippen LogP contribution in [0.1, 0.15) is 28.3 Å². The number of carbonyl (C=O) groups excluding carboxylic acids is 2. The molecule has 1 aliphatic rings. The Hall–Kier alpha value is -3.04. The second kappa shape index (κ2) is 8.24. The van der Waals surface area contributed by atoms with Gasteiger partial charge >= 0.3 is 0 Å². The van der Waals surface area contributed by atoms with Gasteiger partial charge in [-0.25, -0.2) is 4.98 Å². The number of nitrogens with one attached hydrogen (secondary N) is 1. The lowest BCUT2D eigenvalue weighted by atomic mass is 9.96. The molecule has 9 heteroatoms. The van der Waals surface area contributed by atoms with E-state index in [-0.39, 0.29) is 17.7 Å². The van der Waals surface area contributed by atoms with E-state index in [9.17, 15) is 9.59 Å². The zero-order valence-corrected chi connectivity index (χ0v) is 18.5. The summed E-state index contributed by atoms with van der Waals surface area (Å²) in [4.78, 5) is 33.7. The SMILES string of the molecule is Cc1cc(NC(=O)C2CCN(C(=O)c3ccc(-c4nc5ccccc5s4)s3)CC2)no1. The predicted molar refractivity (Wildman–Crippen MR) is 121 cm³/mol. The van der Waals surface area contributed by atoms with Crippen molar-refractivity contribution in [3.05, 3.63) is 53.1 Å². The van der Waals surface area contributed by atoms with Gasteiger partial charge in [-0.05, 0) is 44.0 Å².